The maximum atomic E-state index is 12.2. The number of urea groups is 1. The van der Waals surface area contributed by atoms with Crippen LogP contribution in [-0.4, -0.2) is 44.8 Å². The van der Waals surface area contributed by atoms with E-state index in [9.17, 15) is 9.59 Å². The van der Waals surface area contributed by atoms with Gasteiger partial charge in [-0.25, -0.2) is 0 Å². The molecule has 0 bridgehead atoms. The molecule has 2 heterocycles. The van der Waals surface area contributed by atoms with Gasteiger partial charge >= 0.3 is 114 Å². The Balaban J connectivity index is 1.35. The van der Waals surface area contributed by atoms with Gasteiger partial charge in [-0.05, 0) is 25.0 Å². The van der Waals surface area contributed by atoms with Crippen LogP contribution >= 0.6 is 0 Å². The van der Waals surface area contributed by atoms with Gasteiger partial charge < -0.3 is 11.1 Å². The van der Waals surface area contributed by atoms with Crippen molar-refractivity contribution >= 4 is 39.0 Å². The zero-order valence-electron chi connectivity index (χ0n) is 18.0. The van der Waals surface area contributed by atoms with E-state index < -0.39 is 5.91 Å². The number of benzene rings is 1. The molecule has 4 rings (SSSR count). The van der Waals surface area contributed by atoms with E-state index in [1.165, 1.54) is 19.0 Å². The van der Waals surface area contributed by atoms with Crippen LogP contribution in [0.4, 0.5) is 10.5 Å². The Morgan fingerprint density at radius 1 is 1.03 bits per heavy atom. The Morgan fingerprint density at radius 3 is 2.42 bits per heavy atom. The zero-order valence-corrected chi connectivity index (χ0v) is 19.9. The largest absolute Gasteiger partial charge is 0.260 e. The van der Waals surface area contributed by atoms with Crippen LogP contribution in [0.15, 0.2) is 60.9 Å². The van der Waals surface area contributed by atoms with Crippen LogP contribution in [0.25, 0.3) is 0 Å². The van der Waals surface area contributed by atoms with Crippen LogP contribution in [0, 0.1) is 0 Å². The number of rotatable bonds is 9. The van der Waals surface area contributed by atoms with Gasteiger partial charge in [-0.1, -0.05) is 0 Å². The standard InChI is InChI=1S/C24H25AsN6O2/c25-22-10-1-15(12-28-22)13-29-24(33)31-19-5-2-16(3-6-19)21(30-18-8-9-18)11-20-7-4-17(14-27-20)23(26)32/h1-7,10,12,14,18,21,30H,8-9,11,13H2,(H2,26,32)(H2,29,31,33). The first-order valence-electron chi connectivity index (χ1n) is 10.8. The molecule has 168 valence electrons. The van der Waals surface area contributed by atoms with Gasteiger partial charge in [0.15, 0.2) is 0 Å². The third kappa shape index (κ3) is 6.88. The van der Waals surface area contributed by atoms with Crippen LogP contribution in [0.3, 0.4) is 0 Å². The van der Waals surface area contributed by atoms with Gasteiger partial charge in [-0.3, -0.25) is 9.78 Å². The molecule has 5 N–H and O–H groups in total. The molecule has 0 aliphatic heterocycles. The molecule has 1 unspecified atom stereocenters. The van der Waals surface area contributed by atoms with E-state index in [-0.39, 0.29) is 12.1 Å². The minimum absolute atomic E-state index is 0.0833. The molecule has 33 heavy (non-hydrogen) atoms. The fourth-order valence-corrected chi connectivity index (χ4v) is 3.66. The number of nitrogens with one attached hydrogen (secondary N) is 3. The molecule has 1 aliphatic carbocycles. The molecule has 1 aliphatic rings. The number of nitrogens with zero attached hydrogens (tertiary/aromatic N) is 2. The summed E-state index contributed by atoms with van der Waals surface area (Å²) in [4.78, 5) is 32.1. The molecular weight excluding hydrogens is 479 g/mol. The first-order chi connectivity index (χ1) is 16.0. The molecule has 2 radical (unpaired) electrons. The smallest absolute Gasteiger partial charge is 0.0398 e. The van der Waals surface area contributed by atoms with Crippen molar-refractivity contribution in [3.63, 3.8) is 0 Å². The zero-order chi connectivity index (χ0) is 23.2. The van der Waals surface area contributed by atoms with Crippen molar-refractivity contribution in [2.75, 3.05) is 5.32 Å². The fourth-order valence-electron chi connectivity index (χ4n) is 3.39. The summed E-state index contributed by atoms with van der Waals surface area (Å²) in [5, 5.41) is 9.35. The third-order valence-electron chi connectivity index (χ3n) is 5.37. The van der Waals surface area contributed by atoms with Crippen LogP contribution in [0.1, 0.15) is 46.1 Å². The number of carbonyl (C=O) groups is 2. The van der Waals surface area contributed by atoms with E-state index in [4.69, 9.17) is 5.73 Å². The number of nitrogens with two attached hydrogens (primary N) is 1. The average molecular weight is 504 g/mol. The van der Waals surface area contributed by atoms with E-state index in [1.54, 1.807) is 12.3 Å². The molecule has 3 amide bonds. The van der Waals surface area contributed by atoms with E-state index >= 15 is 0 Å². The van der Waals surface area contributed by atoms with Crippen LogP contribution in [-0.2, 0) is 13.0 Å². The molecule has 1 atom stereocenters. The van der Waals surface area contributed by atoms with Crippen LogP contribution < -0.4 is 26.2 Å². The maximum absolute atomic E-state index is 12.2. The van der Waals surface area contributed by atoms with Crippen molar-refractivity contribution in [2.45, 2.75) is 37.9 Å². The molecule has 9 heteroatoms. The summed E-state index contributed by atoms with van der Waals surface area (Å²) in [5.41, 5.74) is 9.34. The van der Waals surface area contributed by atoms with Crippen LogP contribution in [0.5, 0.6) is 0 Å². The van der Waals surface area contributed by atoms with E-state index in [1.807, 2.05) is 42.5 Å². The monoisotopic (exact) mass is 504 g/mol. The summed E-state index contributed by atoms with van der Waals surface area (Å²) in [5.74, 6) is -0.483. The van der Waals surface area contributed by atoms with Crippen molar-refractivity contribution in [1.29, 1.82) is 0 Å². The van der Waals surface area contributed by atoms with Gasteiger partial charge in [0.05, 0.1) is 5.56 Å². The second-order valence-corrected chi connectivity index (χ2v) is 9.02. The van der Waals surface area contributed by atoms with Gasteiger partial charge in [0.2, 0.25) is 5.91 Å². The van der Waals surface area contributed by atoms with Crippen LogP contribution in [0.2, 0.25) is 0 Å². The number of amides is 3. The molecule has 1 fully saturated rings. The number of hydrogen-bond acceptors (Lipinski definition) is 5. The minimum atomic E-state index is -0.483. The molecule has 2 aromatic heterocycles. The second-order valence-electron chi connectivity index (χ2n) is 8.05. The van der Waals surface area contributed by atoms with Gasteiger partial charge in [-0.2, -0.15) is 0 Å². The number of anilines is 1. The number of primary amides is 1. The molecule has 1 saturated carbocycles. The van der Waals surface area contributed by atoms with Gasteiger partial charge in [0.25, 0.3) is 0 Å². The Kier molecular flexibility index (Phi) is 7.37. The number of hydrogen-bond donors (Lipinski definition) is 4. The molecular formula is C24H25AsN6O2. The average Bonchev–Trinajstić information content (AvgIpc) is 3.63. The summed E-state index contributed by atoms with van der Waals surface area (Å²) in [7, 11) is 0. The summed E-state index contributed by atoms with van der Waals surface area (Å²) >= 11 is 2.38. The number of carbonyl (C=O) groups excluding carboxylic acids is 2. The quantitative estimate of drug-likeness (QED) is 0.331. The van der Waals surface area contributed by atoms with Gasteiger partial charge in [-0.15, -0.1) is 0 Å². The van der Waals surface area contributed by atoms with E-state index in [0.717, 1.165) is 21.3 Å². The normalized spacial score (nSPS) is 13.8. The molecule has 3 aromatic rings. The van der Waals surface area contributed by atoms with E-state index in [2.05, 4.69) is 42.8 Å². The Bertz CT molecular complexity index is 1100. The Morgan fingerprint density at radius 2 is 1.82 bits per heavy atom. The second kappa shape index (κ2) is 10.6. The predicted molar refractivity (Wildman–Crippen MR) is 127 cm³/mol. The van der Waals surface area contributed by atoms with Crippen molar-refractivity contribution in [3.05, 3.63) is 83.3 Å². The minimum Gasteiger partial charge on any atom is -0.260 e. The number of pyridine rings is 2. The number of aromatic nitrogens is 2. The SMILES string of the molecule is NC(=O)c1ccc(CC(NC2CC2)c2ccc(NC(=O)NCc3ccc([As])nc3)cc2)nc1. The third-order valence-corrected chi connectivity index (χ3v) is 5.92. The summed E-state index contributed by atoms with van der Waals surface area (Å²) in [6.45, 7) is 0.402. The van der Waals surface area contributed by atoms with Gasteiger partial charge in [0, 0.05) is 30.4 Å². The summed E-state index contributed by atoms with van der Waals surface area (Å²) in [6, 6.07) is 15.5. The first-order valence-corrected chi connectivity index (χ1v) is 11.7. The summed E-state index contributed by atoms with van der Waals surface area (Å²) in [6.07, 6.45) is 6.28. The Labute approximate surface area is 201 Å². The van der Waals surface area contributed by atoms with Crippen molar-refractivity contribution in [1.82, 2.24) is 20.6 Å². The van der Waals surface area contributed by atoms with Crippen molar-refractivity contribution in [2.24, 2.45) is 5.73 Å². The first kappa shape index (κ1) is 23.0. The van der Waals surface area contributed by atoms with Gasteiger partial charge in [0.1, 0.15) is 0 Å². The molecule has 0 spiro atoms. The Hall–Kier alpha value is -3.22. The molecule has 8 nitrogen and oxygen atoms in total. The topological polar surface area (TPSA) is 122 Å². The maximum Gasteiger partial charge on any atom is 0.0398 e. The predicted octanol–water partition coefficient (Wildman–Crippen LogP) is 1.73. The van der Waals surface area contributed by atoms with Crippen molar-refractivity contribution < 1.29 is 9.59 Å². The fraction of sp³-hybridized carbons (Fsp3) is 0.250. The summed E-state index contributed by atoms with van der Waals surface area (Å²) < 4.78 is 0.878. The van der Waals surface area contributed by atoms with E-state index in [0.29, 0.717) is 30.3 Å². The van der Waals surface area contributed by atoms with Crippen molar-refractivity contribution in [3.8, 4) is 0 Å². The molecule has 0 saturated heterocycles. The molecule has 1 aromatic carbocycles.